The van der Waals surface area contributed by atoms with Crippen LogP contribution in [0.2, 0.25) is 0 Å². The van der Waals surface area contributed by atoms with Crippen LogP contribution in [0.4, 0.5) is 0 Å². The van der Waals surface area contributed by atoms with Crippen molar-refractivity contribution in [3.05, 3.63) is 35.0 Å². The van der Waals surface area contributed by atoms with Crippen LogP contribution in [-0.4, -0.2) is 24.4 Å². The molecular weight excluding hydrogens is 232 g/mol. The Balaban J connectivity index is 2.39. The van der Waals surface area contributed by atoms with Crippen molar-refractivity contribution >= 4 is 21.8 Å². The quantitative estimate of drug-likeness (QED) is 0.694. The molecule has 0 unspecified atom stereocenters. The number of hydrogen-bond donors (Lipinski definition) is 0. The van der Waals surface area contributed by atoms with Gasteiger partial charge in [-0.15, -0.1) is 0 Å². The summed E-state index contributed by atoms with van der Waals surface area (Å²) in [5.41, 5.74) is 0. The molecule has 0 N–H and O–H groups in total. The second kappa shape index (κ2) is 2.82. The summed E-state index contributed by atoms with van der Waals surface area (Å²) in [7, 11) is 4.11. The molecule has 13 heavy (non-hydrogen) atoms. The number of nitrogens with zero attached hydrogens (tertiary/aromatic N) is 2. The van der Waals surface area contributed by atoms with Gasteiger partial charge in [-0.3, -0.25) is 0 Å². The summed E-state index contributed by atoms with van der Waals surface area (Å²) in [5, 5.41) is 0. The Bertz CT molecular complexity index is 390. The molecule has 68 valence electrons. The summed E-state index contributed by atoms with van der Waals surface area (Å²) >= 11 is 3.27. The van der Waals surface area contributed by atoms with E-state index in [0.29, 0.717) is 4.48 Å². The van der Waals surface area contributed by atoms with Gasteiger partial charge in [0, 0.05) is 0 Å². The second-order valence-corrected chi connectivity index (χ2v) is 4.18. The van der Waals surface area contributed by atoms with Crippen LogP contribution in [0.25, 0.3) is 0 Å². The molecule has 0 saturated carbocycles. The third-order valence-corrected chi connectivity index (χ3v) is 2.40. The first-order valence-electron chi connectivity index (χ1n) is 3.95. The standard InChI is InChI=1S/C9H10BrN2O/c1-12(2)6-5-11-9(12)7-3-4-8(10)13-7/h3-6H,1-2H3/q+1. The zero-order valence-corrected chi connectivity index (χ0v) is 9.08. The van der Waals surface area contributed by atoms with Gasteiger partial charge in [0.1, 0.15) is 6.20 Å². The van der Waals surface area contributed by atoms with Crippen molar-refractivity contribution in [3.8, 4) is 0 Å². The maximum Gasteiger partial charge on any atom is 0.275 e. The molecule has 0 bridgehead atoms. The van der Waals surface area contributed by atoms with Gasteiger partial charge in [-0.05, 0) is 28.1 Å². The van der Waals surface area contributed by atoms with Crippen molar-refractivity contribution in [2.24, 2.45) is 4.99 Å². The smallest absolute Gasteiger partial charge is 0.275 e. The topological polar surface area (TPSA) is 25.5 Å². The molecule has 1 aliphatic rings. The van der Waals surface area contributed by atoms with Gasteiger partial charge in [-0.1, -0.05) is 0 Å². The minimum absolute atomic E-state index is 0.625. The van der Waals surface area contributed by atoms with Crippen molar-refractivity contribution in [1.29, 1.82) is 0 Å². The number of amidine groups is 1. The molecule has 2 heterocycles. The number of quaternary nitrogens is 1. The lowest BCUT2D eigenvalue weighted by Gasteiger charge is -2.19. The van der Waals surface area contributed by atoms with E-state index in [1.165, 1.54) is 0 Å². The van der Waals surface area contributed by atoms with Gasteiger partial charge in [-0.25, -0.2) is 4.48 Å². The van der Waals surface area contributed by atoms with Gasteiger partial charge in [0.15, 0.2) is 4.67 Å². The summed E-state index contributed by atoms with van der Waals surface area (Å²) in [6.45, 7) is 0. The lowest BCUT2D eigenvalue weighted by Crippen LogP contribution is -2.38. The summed E-state index contributed by atoms with van der Waals surface area (Å²) in [6.07, 6.45) is 3.80. The Hall–Kier alpha value is -0.870. The van der Waals surface area contributed by atoms with E-state index in [-0.39, 0.29) is 0 Å². The Morgan fingerprint density at radius 2 is 2.15 bits per heavy atom. The molecule has 2 rings (SSSR count). The van der Waals surface area contributed by atoms with Gasteiger partial charge in [0.05, 0.1) is 20.3 Å². The third kappa shape index (κ3) is 1.47. The molecule has 1 aromatic rings. The van der Waals surface area contributed by atoms with Crippen LogP contribution in [0.5, 0.6) is 0 Å². The molecule has 3 nitrogen and oxygen atoms in total. The zero-order chi connectivity index (χ0) is 9.47. The van der Waals surface area contributed by atoms with Gasteiger partial charge in [0.2, 0.25) is 5.76 Å². The number of furan rings is 1. The Kier molecular flexibility index (Phi) is 1.89. The highest BCUT2D eigenvalue weighted by Crippen LogP contribution is 2.21. The molecule has 0 aromatic carbocycles. The molecule has 0 spiro atoms. The minimum atomic E-state index is 0.625. The summed E-state index contributed by atoms with van der Waals surface area (Å²) in [5.74, 6) is 1.73. The molecule has 1 aromatic heterocycles. The lowest BCUT2D eigenvalue weighted by molar-refractivity contribution is -0.739. The third-order valence-electron chi connectivity index (χ3n) is 1.98. The number of halogens is 1. The first-order valence-corrected chi connectivity index (χ1v) is 4.74. The van der Waals surface area contributed by atoms with Crippen LogP contribution in [-0.2, 0) is 0 Å². The predicted octanol–water partition coefficient (Wildman–Crippen LogP) is 2.35. The molecule has 4 heteroatoms. The van der Waals surface area contributed by atoms with E-state index in [9.17, 15) is 0 Å². The Morgan fingerprint density at radius 3 is 2.62 bits per heavy atom. The number of aliphatic imine (C=N–C) groups is 1. The summed E-state index contributed by atoms with van der Waals surface area (Å²) in [6, 6.07) is 3.78. The number of hydrogen-bond acceptors (Lipinski definition) is 2. The molecule has 0 aliphatic carbocycles. The SMILES string of the molecule is C[N+]1(C)C=CN=C1c1ccc(Br)o1. The largest absolute Gasteiger partial charge is 0.442 e. The second-order valence-electron chi connectivity index (χ2n) is 3.39. The Morgan fingerprint density at radius 1 is 1.38 bits per heavy atom. The average Bonchev–Trinajstić information content (AvgIpc) is 2.56. The molecule has 0 saturated heterocycles. The highest BCUT2D eigenvalue weighted by Gasteiger charge is 2.29. The monoisotopic (exact) mass is 241 g/mol. The van der Waals surface area contributed by atoms with E-state index in [1.54, 1.807) is 6.20 Å². The van der Waals surface area contributed by atoms with Crippen molar-refractivity contribution in [1.82, 2.24) is 0 Å². The molecule has 0 atom stereocenters. The van der Waals surface area contributed by atoms with E-state index in [2.05, 4.69) is 35.0 Å². The van der Waals surface area contributed by atoms with Crippen LogP contribution < -0.4 is 0 Å². The molecule has 0 amide bonds. The van der Waals surface area contributed by atoms with E-state index in [0.717, 1.165) is 16.3 Å². The van der Waals surface area contributed by atoms with Crippen LogP contribution >= 0.6 is 15.9 Å². The van der Waals surface area contributed by atoms with Gasteiger partial charge < -0.3 is 4.42 Å². The van der Waals surface area contributed by atoms with E-state index in [1.807, 2.05) is 18.3 Å². The van der Waals surface area contributed by atoms with Crippen molar-refractivity contribution in [2.75, 3.05) is 14.1 Å². The van der Waals surface area contributed by atoms with Crippen molar-refractivity contribution in [3.63, 3.8) is 0 Å². The maximum absolute atomic E-state index is 5.43. The van der Waals surface area contributed by atoms with Crippen molar-refractivity contribution in [2.45, 2.75) is 0 Å². The molecular formula is C9H10BrN2O+. The molecule has 1 aliphatic heterocycles. The number of rotatable bonds is 1. The van der Waals surface area contributed by atoms with E-state index < -0.39 is 0 Å². The van der Waals surface area contributed by atoms with Gasteiger partial charge in [-0.2, -0.15) is 4.99 Å². The van der Waals surface area contributed by atoms with Gasteiger partial charge >= 0.3 is 0 Å². The summed E-state index contributed by atoms with van der Waals surface area (Å²) in [4.78, 5) is 4.27. The maximum atomic E-state index is 5.43. The highest BCUT2D eigenvalue weighted by atomic mass is 79.9. The fourth-order valence-electron chi connectivity index (χ4n) is 1.27. The first-order chi connectivity index (χ1) is 6.09. The fraction of sp³-hybridized carbons (Fsp3) is 0.222. The van der Waals surface area contributed by atoms with Gasteiger partial charge in [0.25, 0.3) is 5.84 Å². The highest BCUT2D eigenvalue weighted by molar-refractivity contribution is 9.10. The molecule has 0 fully saturated rings. The predicted molar refractivity (Wildman–Crippen MR) is 54.2 cm³/mol. The van der Waals surface area contributed by atoms with Crippen LogP contribution in [0.3, 0.4) is 0 Å². The summed E-state index contributed by atoms with van der Waals surface area (Å²) < 4.78 is 6.79. The van der Waals surface area contributed by atoms with Crippen LogP contribution in [0.1, 0.15) is 5.76 Å². The van der Waals surface area contributed by atoms with E-state index in [4.69, 9.17) is 4.42 Å². The lowest BCUT2D eigenvalue weighted by atomic mass is 10.3. The normalized spacial score (nSPS) is 19.2. The first kappa shape index (κ1) is 8.72. The average molecular weight is 242 g/mol. The zero-order valence-electron chi connectivity index (χ0n) is 7.49. The minimum Gasteiger partial charge on any atom is -0.442 e. The fourth-order valence-corrected chi connectivity index (χ4v) is 1.58. The van der Waals surface area contributed by atoms with Crippen LogP contribution in [0, 0.1) is 0 Å². The van der Waals surface area contributed by atoms with Crippen molar-refractivity contribution < 1.29 is 8.90 Å². The molecule has 0 radical (unpaired) electrons. The van der Waals surface area contributed by atoms with Crippen LogP contribution in [0.15, 0.2) is 38.6 Å². The van der Waals surface area contributed by atoms with E-state index >= 15 is 0 Å². The Labute approximate surface area is 85.1 Å².